The lowest BCUT2D eigenvalue weighted by Crippen LogP contribution is -2.57. The van der Waals surface area contributed by atoms with Crippen molar-refractivity contribution in [3.05, 3.63) is 29.8 Å². The SMILES string of the molecule is C[C@@H](Cl)C(=O)N(CC(N)=O)NC(=O)[C@@H]1CCCN1C(=O)C1(c2ccc(OC(F)(F)F)cc2)CC1. The van der Waals surface area contributed by atoms with Crippen molar-refractivity contribution in [1.82, 2.24) is 15.3 Å². The number of ether oxygens (including phenoxy) is 1. The predicted molar refractivity (Wildman–Crippen MR) is 113 cm³/mol. The molecule has 34 heavy (non-hydrogen) atoms. The highest BCUT2D eigenvalue weighted by molar-refractivity contribution is 6.30. The largest absolute Gasteiger partial charge is 0.573 e. The van der Waals surface area contributed by atoms with E-state index in [0.717, 1.165) is 17.1 Å². The van der Waals surface area contributed by atoms with Crippen LogP contribution in [0.3, 0.4) is 0 Å². The first-order valence-electron chi connectivity index (χ1n) is 10.6. The Labute approximate surface area is 198 Å². The van der Waals surface area contributed by atoms with Crippen LogP contribution in [0.5, 0.6) is 5.75 Å². The van der Waals surface area contributed by atoms with E-state index in [1.807, 2.05) is 0 Å². The van der Waals surface area contributed by atoms with Gasteiger partial charge in [0.1, 0.15) is 23.7 Å². The fourth-order valence-electron chi connectivity index (χ4n) is 4.03. The van der Waals surface area contributed by atoms with Gasteiger partial charge in [-0.3, -0.25) is 24.6 Å². The van der Waals surface area contributed by atoms with Crippen molar-refractivity contribution in [2.24, 2.45) is 5.73 Å². The van der Waals surface area contributed by atoms with Gasteiger partial charge in [0.25, 0.3) is 11.8 Å². The number of likely N-dealkylation sites (tertiary alicyclic amines) is 1. The number of amides is 4. The molecule has 1 heterocycles. The van der Waals surface area contributed by atoms with Crippen LogP contribution in [-0.2, 0) is 24.6 Å². The second kappa shape index (κ2) is 9.69. The van der Waals surface area contributed by atoms with Gasteiger partial charge in [-0.2, -0.15) is 0 Å². The average molecular weight is 505 g/mol. The molecule has 2 fully saturated rings. The number of hydrazine groups is 1. The van der Waals surface area contributed by atoms with Crippen molar-refractivity contribution in [3.63, 3.8) is 0 Å². The fourth-order valence-corrected chi connectivity index (χ4v) is 4.15. The van der Waals surface area contributed by atoms with Crippen LogP contribution in [-0.4, -0.2) is 64.4 Å². The highest BCUT2D eigenvalue weighted by atomic mass is 35.5. The number of rotatable bonds is 7. The number of halogens is 4. The number of hydrogen-bond acceptors (Lipinski definition) is 5. The smallest absolute Gasteiger partial charge is 0.406 e. The summed E-state index contributed by atoms with van der Waals surface area (Å²) in [6, 6.07) is 4.21. The quantitative estimate of drug-likeness (QED) is 0.431. The minimum Gasteiger partial charge on any atom is -0.406 e. The highest BCUT2D eigenvalue weighted by Crippen LogP contribution is 2.50. The first-order chi connectivity index (χ1) is 15.8. The molecule has 0 spiro atoms. The second-order valence-corrected chi connectivity index (χ2v) is 8.95. The number of carbonyl (C=O) groups is 4. The Morgan fingerprint density at radius 1 is 1.26 bits per heavy atom. The molecular weight excluding hydrogens is 481 g/mol. The van der Waals surface area contributed by atoms with Crippen molar-refractivity contribution in [2.45, 2.75) is 55.8 Å². The molecule has 2 aliphatic rings. The van der Waals surface area contributed by atoms with Gasteiger partial charge in [0.15, 0.2) is 0 Å². The van der Waals surface area contributed by atoms with E-state index in [9.17, 15) is 32.3 Å². The van der Waals surface area contributed by atoms with E-state index < -0.39 is 53.2 Å². The number of nitrogens with one attached hydrogen (secondary N) is 1. The Morgan fingerprint density at radius 3 is 2.38 bits per heavy atom. The van der Waals surface area contributed by atoms with E-state index in [1.165, 1.54) is 24.0 Å². The number of alkyl halides is 4. The van der Waals surface area contributed by atoms with Gasteiger partial charge in [0.2, 0.25) is 11.8 Å². The van der Waals surface area contributed by atoms with Crippen LogP contribution in [0.4, 0.5) is 13.2 Å². The molecule has 0 unspecified atom stereocenters. The van der Waals surface area contributed by atoms with Crippen LogP contribution in [0.25, 0.3) is 0 Å². The van der Waals surface area contributed by atoms with Gasteiger partial charge in [-0.05, 0) is 50.3 Å². The Morgan fingerprint density at radius 2 is 1.88 bits per heavy atom. The number of benzene rings is 1. The minimum atomic E-state index is -4.82. The normalized spacial score (nSPS) is 19.8. The average Bonchev–Trinajstić information content (AvgIpc) is 3.40. The lowest BCUT2D eigenvalue weighted by molar-refractivity contribution is -0.274. The van der Waals surface area contributed by atoms with Gasteiger partial charge < -0.3 is 15.4 Å². The molecule has 1 aromatic rings. The summed E-state index contributed by atoms with van der Waals surface area (Å²) in [7, 11) is 0. The number of carbonyl (C=O) groups excluding carboxylic acids is 4. The molecule has 1 saturated heterocycles. The summed E-state index contributed by atoms with van der Waals surface area (Å²) in [6.07, 6.45) is -3.00. The maximum atomic E-state index is 13.4. The molecule has 1 saturated carbocycles. The van der Waals surface area contributed by atoms with Crippen molar-refractivity contribution in [2.75, 3.05) is 13.1 Å². The van der Waals surface area contributed by atoms with Crippen molar-refractivity contribution >= 4 is 35.2 Å². The molecule has 0 radical (unpaired) electrons. The van der Waals surface area contributed by atoms with E-state index in [4.69, 9.17) is 17.3 Å². The number of nitrogens with two attached hydrogens (primary N) is 1. The Kier molecular flexibility index (Phi) is 7.29. The first kappa shape index (κ1) is 25.6. The zero-order chi connectivity index (χ0) is 25.3. The van der Waals surface area contributed by atoms with Crippen LogP contribution >= 0.6 is 11.6 Å². The molecule has 0 aromatic heterocycles. The Hall–Kier alpha value is -3.02. The number of nitrogens with zero attached hydrogens (tertiary/aromatic N) is 2. The summed E-state index contributed by atoms with van der Waals surface area (Å²) < 4.78 is 41.1. The molecule has 1 aliphatic carbocycles. The van der Waals surface area contributed by atoms with E-state index in [0.29, 0.717) is 37.8 Å². The van der Waals surface area contributed by atoms with Gasteiger partial charge in [0, 0.05) is 6.54 Å². The summed E-state index contributed by atoms with van der Waals surface area (Å²) in [5.41, 5.74) is 7.08. The van der Waals surface area contributed by atoms with Crippen LogP contribution in [0, 0.1) is 0 Å². The van der Waals surface area contributed by atoms with Crippen molar-refractivity contribution < 1.29 is 37.1 Å². The van der Waals surface area contributed by atoms with Crippen LogP contribution < -0.4 is 15.9 Å². The van der Waals surface area contributed by atoms with Crippen LogP contribution in [0.1, 0.15) is 38.2 Å². The third-order valence-electron chi connectivity index (χ3n) is 5.78. The topological polar surface area (TPSA) is 122 Å². The highest BCUT2D eigenvalue weighted by Gasteiger charge is 2.55. The fraction of sp³-hybridized carbons (Fsp3) is 0.524. The van der Waals surface area contributed by atoms with E-state index in [2.05, 4.69) is 10.2 Å². The molecule has 3 N–H and O–H groups in total. The standard InChI is InChI=1S/C21H24ClF3N4O5/c1-12(22)18(32)29(11-16(26)30)27-17(31)15-3-2-10-28(15)19(33)20(8-9-20)13-4-6-14(7-5-13)34-21(23,24)25/h4-7,12,15H,2-3,8-11H2,1H3,(H2,26,30)(H,27,31)/t12-,15+/m1/s1. The molecule has 1 aromatic carbocycles. The molecule has 2 atom stereocenters. The Bertz CT molecular complexity index is 966. The first-order valence-corrected chi connectivity index (χ1v) is 11.0. The third-order valence-corrected chi connectivity index (χ3v) is 5.97. The molecule has 0 bridgehead atoms. The molecular formula is C21H24ClF3N4O5. The predicted octanol–water partition coefficient (Wildman–Crippen LogP) is 1.58. The maximum Gasteiger partial charge on any atom is 0.573 e. The van der Waals surface area contributed by atoms with Gasteiger partial charge in [-0.1, -0.05) is 12.1 Å². The van der Waals surface area contributed by atoms with Crippen molar-refractivity contribution in [3.8, 4) is 5.75 Å². The van der Waals surface area contributed by atoms with Gasteiger partial charge in [-0.25, -0.2) is 5.01 Å². The summed E-state index contributed by atoms with van der Waals surface area (Å²) in [5.74, 6) is -2.98. The van der Waals surface area contributed by atoms with E-state index >= 15 is 0 Å². The number of primary amides is 1. The third kappa shape index (κ3) is 5.72. The molecule has 13 heteroatoms. The summed E-state index contributed by atoms with van der Waals surface area (Å²) in [5, 5.41) is -0.296. The summed E-state index contributed by atoms with van der Waals surface area (Å²) in [4.78, 5) is 51.3. The van der Waals surface area contributed by atoms with Crippen LogP contribution in [0.15, 0.2) is 24.3 Å². The second-order valence-electron chi connectivity index (χ2n) is 8.29. The van der Waals surface area contributed by atoms with Gasteiger partial charge in [0.05, 0.1) is 5.41 Å². The molecule has 4 amide bonds. The van der Waals surface area contributed by atoms with Crippen LogP contribution in [0.2, 0.25) is 0 Å². The lowest BCUT2D eigenvalue weighted by Gasteiger charge is -2.31. The van der Waals surface area contributed by atoms with E-state index in [1.54, 1.807) is 0 Å². The molecule has 3 rings (SSSR count). The Balaban J connectivity index is 1.73. The summed E-state index contributed by atoms with van der Waals surface area (Å²) in [6.45, 7) is 1.08. The minimum absolute atomic E-state index is 0.295. The summed E-state index contributed by atoms with van der Waals surface area (Å²) >= 11 is 5.78. The zero-order valence-corrected chi connectivity index (χ0v) is 19.0. The number of hydrogen-bond donors (Lipinski definition) is 2. The van der Waals surface area contributed by atoms with Gasteiger partial charge in [-0.15, -0.1) is 24.8 Å². The van der Waals surface area contributed by atoms with Crippen molar-refractivity contribution in [1.29, 1.82) is 0 Å². The molecule has 186 valence electrons. The maximum absolute atomic E-state index is 13.4. The molecule has 1 aliphatic heterocycles. The zero-order valence-electron chi connectivity index (χ0n) is 18.2. The van der Waals surface area contributed by atoms with Gasteiger partial charge >= 0.3 is 6.36 Å². The monoisotopic (exact) mass is 504 g/mol. The molecule has 9 nitrogen and oxygen atoms in total. The van der Waals surface area contributed by atoms with E-state index in [-0.39, 0.29) is 5.91 Å². The lowest BCUT2D eigenvalue weighted by atomic mass is 9.94.